The van der Waals surface area contributed by atoms with Crippen LogP contribution in [0.3, 0.4) is 0 Å². The zero-order valence-electron chi connectivity index (χ0n) is 8.99. The Morgan fingerprint density at radius 2 is 2.07 bits per heavy atom. The lowest BCUT2D eigenvalue weighted by Gasteiger charge is -2.14. The fourth-order valence-corrected chi connectivity index (χ4v) is 2.41. The summed E-state index contributed by atoms with van der Waals surface area (Å²) in [5.41, 5.74) is 0. The smallest absolute Gasteiger partial charge is 0.213 e. The van der Waals surface area contributed by atoms with E-state index < -0.39 is 10.0 Å². The normalized spacial score (nSPS) is 17.6. The van der Waals surface area contributed by atoms with Gasteiger partial charge in [0.25, 0.3) is 0 Å². The molecule has 0 aromatic carbocycles. The van der Waals surface area contributed by atoms with Crippen molar-refractivity contribution in [3.63, 3.8) is 0 Å². The monoisotopic (exact) mass is 220 g/mol. The lowest BCUT2D eigenvalue weighted by atomic mass is 10.5. The van der Waals surface area contributed by atoms with Gasteiger partial charge in [0.2, 0.25) is 10.0 Å². The Morgan fingerprint density at radius 1 is 1.43 bits per heavy atom. The van der Waals surface area contributed by atoms with E-state index in [4.69, 9.17) is 0 Å². The second-order valence-electron chi connectivity index (χ2n) is 3.81. The van der Waals surface area contributed by atoms with E-state index in [-0.39, 0.29) is 5.75 Å². The Hall–Kier alpha value is -0.130. The summed E-state index contributed by atoms with van der Waals surface area (Å²) >= 11 is 0. The Bertz CT molecular complexity index is 260. The highest BCUT2D eigenvalue weighted by molar-refractivity contribution is 7.89. The molecule has 4 nitrogen and oxygen atoms in total. The number of nitrogens with zero attached hydrogens (tertiary/aromatic N) is 1. The molecular formula is C9H20N2O2S. The molecule has 1 aliphatic rings. The molecule has 0 heterocycles. The number of rotatable bonds is 7. The van der Waals surface area contributed by atoms with Gasteiger partial charge in [0.15, 0.2) is 0 Å². The highest BCUT2D eigenvalue weighted by atomic mass is 32.2. The van der Waals surface area contributed by atoms with Gasteiger partial charge >= 0.3 is 0 Å². The van der Waals surface area contributed by atoms with Crippen LogP contribution in [0, 0.1) is 0 Å². The van der Waals surface area contributed by atoms with Gasteiger partial charge in [-0.05, 0) is 25.8 Å². The molecule has 0 saturated heterocycles. The van der Waals surface area contributed by atoms with Crippen molar-refractivity contribution < 1.29 is 8.42 Å². The minimum absolute atomic E-state index is 0.261. The molecule has 1 saturated carbocycles. The van der Waals surface area contributed by atoms with E-state index in [0.717, 1.165) is 6.54 Å². The highest BCUT2D eigenvalue weighted by Crippen LogP contribution is 2.18. The molecule has 5 heteroatoms. The molecule has 0 atom stereocenters. The summed E-state index contributed by atoms with van der Waals surface area (Å²) in [4.78, 5) is 0. The van der Waals surface area contributed by atoms with Gasteiger partial charge in [-0.1, -0.05) is 6.92 Å². The van der Waals surface area contributed by atoms with Crippen LogP contribution in [0.15, 0.2) is 0 Å². The molecule has 0 radical (unpaired) electrons. The van der Waals surface area contributed by atoms with Crippen LogP contribution < -0.4 is 5.32 Å². The molecule has 0 amide bonds. The fourth-order valence-electron chi connectivity index (χ4n) is 1.20. The van der Waals surface area contributed by atoms with Crippen molar-refractivity contribution in [3.8, 4) is 0 Å². The minimum Gasteiger partial charge on any atom is -0.314 e. The van der Waals surface area contributed by atoms with Crippen molar-refractivity contribution in [2.75, 3.05) is 25.9 Å². The first-order valence-corrected chi connectivity index (χ1v) is 6.84. The third-order valence-electron chi connectivity index (χ3n) is 2.51. The van der Waals surface area contributed by atoms with Gasteiger partial charge < -0.3 is 5.32 Å². The van der Waals surface area contributed by atoms with E-state index in [2.05, 4.69) is 5.32 Å². The molecule has 1 fully saturated rings. The molecule has 14 heavy (non-hydrogen) atoms. The van der Waals surface area contributed by atoms with Gasteiger partial charge in [-0.2, -0.15) is 0 Å². The second kappa shape index (κ2) is 5.09. The maximum atomic E-state index is 11.5. The first kappa shape index (κ1) is 11.9. The quantitative estimate of drug-likeness (QED) is 0.632. The molecular weight excluding hydrogens is 200 g/mol. The molecule has 0 aliphatic heterocycles. The summed E-state index contributed by atoms with van der Waals surface area (Å²) in [5, 5.41) is 3.30. The summed E-state index contributed by atoms with van der Waals surface area (Å²) in [6.07, 6.45) is 3.21. The molecule has 1 rings (SSSR count). The molecule has 0 aromatic rings. The molecule has 1 N–H and O–H groups in total. The lowest BCUT2D eigenvalue weighted by Crippen LogP contribution is -2.30. The summed E-state index contributed by atoms with van der Waals surface area (Å²) in [6, 6.07) is 0.668. The van der Waals surface area contributed by atoms with E-state index >= 15 is 0 Å². The third-order valence-corrected chi connectivity index (χ3v) is 4.52. The van der Waals surface area contributed by atoms with Crippen LogP contribution in [0.25, 0.3) is 0 Å². The van der Waals surface area contributed by atoms with Crippen molar-refractivity contribution in [2.45, 2.75) is 32.2 Å². The van der Waals surface area contributed by atoms with Gasteiger partial charge in [-0.15, -0.1) is 0 Å². The molecule has 1 aliphatic carbocycles. The third kappa shape index (κ3) is 3.94. The lowest BCUT2D eigenvalue weighted by molar-refractivity contribution is 0.483. The number of nitrogens with one attached hydrogen (secondary N) is 1. The first-order chi connectivity index (χ1) is 6.56. The van der Waals surface area contributed by atoms with E-state index in [1.54, 1.807) is 7.05 Å². The summed E-state index contributed by atoms with van der Waals surface area (Å²) in [7, 11) is -1.37. The summed E-state index contributed by atoms with van der Waals surface area (Å²) in [6.45, 7) is 3.22. The van der Waals surface area contributed by atoms with E-state index in [0.29, 0.717) is 19.0 Å². The van der Waals surface area contributed by atoms with Crippen LogP contribution >= 0.6 is 0 Å². The Labute approximate surface area is 86.7 Å². The molecule has 84 valence electrons. The van der Waals surface area contributed by atoms with Gasteiger partial charge in [0.1, 0.15) is 0 Å². The van der Waals surface area contributed by atoms with E-state index in [9.17, 15) is 8.42 Å². The second-order valence-corrected chi connectivity index (χ2v) is 6.01. The summed E-state index contributed by atoms with van der Waals surface area (Å²) in [5.74, 6) is 0.261. The SMILES string of the molecule is CCN(C)S(=O)(=O)CCCNC1CC1. The average molecular weight is 220 g/mol. The van der Waals surface area contributed by atoms with Crippen LogP contribution in [-0.2, 0) is 10.0 Å². The Kier molecular flexibility index (Phi) is 4.34. The number of hydrogen-bond donors (Lipinski definition) is 1. The minimum atomic E-state index is -2.99. The highest BCUT2D eigenvalue weighted by Gasteiger charge is 2.20. The van der Waals surface area contributed by atoms with E-state index in [1.807, 2.05) is 6.92 Å². The molecule has 0 spiro atoms. The van der Waals surface area contributed by atoms with Crippen LogP contribution in [0.1, 0.15) is 26.2 Å². The van der Waals surface area contributed by atoms with Gasteiger partial charge in [0.05, 0.1) is 5.75 Å². The number of sulfonamides is 1. The van der Waals surface area contributed by atoms with Crippen molar-refractivity contribution in [1.29, 1.82) is 0 Å². The zero-order valence-corrected chi connectivity index (χ0v) is 9.81. The Balaban J connectivity index is 2.14. The molecule has 0 aromatic heterocycles. The maximum absolute atomic E-state index is 11.5. The zero-order chi connectivity index (χ0) is 10.6. The number of hydrogen-bond acceptors (Lipinski definition) is 3. The molecule has 0 unspecified atom stereocenters. The standard InChI is InChI=1S/C9H20N2O2S/c1-3-11(2)14(12,13)8-4-7-10-9-5-6-9/h9-10H,3-8H2,1-2H3. The topological polar surface area (TPSA) is 49.4 Å². The molecule has 0 bridgehead atoms. The van der Waals surface area contributed by atoms with Crippen molar-refractivity contribution >= 4 is 10.0 Å². The Morgan fingerprint density at radius 3 is 2.57 bits per heavy atom. The van der Waals surface area contributed by atoms with Gasteiger partial charge in [0, 0.05) is 19.6 Å². The van der Waals surface area contributed by atoms with Crippen LogP contribution in [0.5, 0.6) is 0 Å². The van der Waals surface area contributed by atoms with Crippen molar-refractivity contribution in [2.24, 2.45) is 0 Å². The predicted octanol–water partition coefficient (Wildman–Crippen LogP) is 0.410. The summed E-state index contributed by atoms with van der Waals surface area (Å²) < 4.78 is 24.4. The van der Waals surface area contributed by atoms with Gasteiger partial charge in [-0.25, -0.2) is 12.7 Å². The first-order valence-electron chi connectivity index (χ1n) is 5.23. The van der Waals surface area contributed by atoms with Crippen LogP contribution in [-0.4, -0.2) is 44.7 Å². The predicted molar refractivity (Wildman–Crippen MR) is 57.7 cm³/mol. The van der Waals surface area contributed by atoms with Crippen LogP contribution in [0.4, 0.5) is 0 Å². The average Bonchev–Trinajstić information content (AvgIpc) is 2.94. The van der Waals surface area contributed by atoms with Crippen molar-refractivity contribution in [1.82, 2.24) is 9.62 Å². The van der Waals surface area contributed by atoms with Gasteiger partial charge in [-0.3, -0.25) is 0 Å². The largest absolute Gasteiger partial charge is 0.314 e. The maximum Gasteiger partial charge on any atom is 0.213 e. The van der Waals surface area contributed by atoms with E-state index in [1.165, 1.54) is 17.1 Å². The fraction of sp³-hybridized carbons (Fsp3) is 1.00. The van der Waals surface area contributed by atoms with Crippen LogP contribution in [0.2, 0.25) is 0 Å². The van der Waals surface area contributed by atoms with Crippen molar-refractivity contribution in [3.05, 3.63) is 0 Å².